The molecule has 0 saturated heterocycles. The normalized spacial score (nSPS) is 13.1. The first-order valence-electron chi connectivity index (χ1n) is 33.3. The first-order chi connectivity index (χ1) is 40.0. The van der Waals surface area contributed by atoms with Gasteiger partial charge in [-0.05, 0) is 148 Å². The van der Waals surface area contributed by atoms with Crippen LogP contribution in [0.4, 0.5) is 0 Å². The zero-order valence-electron chi connectivity index (χ0n) is 52.5. The molecule has 1 unspecified atom stereocenters. The first kappa shape index (κ1) is 76.3. The molecule has 0 heterocycles. The molecule has 0 aromatic carbocycles. The Kier molecular flexibility index (Phi) is 63.9. The topological polar surface area (TPSA) is 78.9 Å². The molecule has 0 aliphatic heterocycles. The molecular formula is C75H122O6. The Hall–Kier alpha value is -4.71. The van der Waals surface area contributed by atoms with Crippen LogP contribution in [0.15, 0.2) is 146 Å². The van der Waals surface area contributed by atoms with Crippen molar-refractivity contribution in [2.24, 2.45) is 0 Å². The molecule has 0 fully saturated rings. The third kappa shape index (κ3) is 66.0. The Labute approximate surface area is 499 Å². The monoisotopic (exact) mass is 1120 g/mol. The molecule has 0 amide bonds. The van der Waals surface area contributed by atoms with Gasteiger partial charge in [0.2, 0.25) is 0 Å². The average Bonchev–Trinajstić information content (AvgIpc) is 3.46. The highest BCUT2D eigenvalue weighted by Crippen LogP contribution is 2.14. The molecule has 0 rings (SSSR count). The highest BCUT2D eigenvalue weighted by Gasteiger charge is 2.19. The van der Waals surface area contributed by atoms with E-state index in [2.05, 4.69) is 167 Å². The minimum absolute atomic E-state index is 0.0964. The number of ether oxygens (including phenoxy) is 3. The van der Waals surface area contributed by atoms with Gasteiger partial charge in [0.15, 0.2) is 6.10 Å². The van der Waals surface area contributed by atoms with Gasteiger partial charge < -0.3 is 14.2 Å². The Bertz CT molecular complexity index is 1760. The molecule has 1 atom stereocenters. The van der Waals surface area contributed by atoms with E-state index >= 15 is 0 Å². The second kappa shape index (κ2) is 67.8. The lowest BCUT2D eigenvalue weighted by Gasteiger charge is -2.18. The zero-order valence-corrected chi connectivity index (χ0v) is 52.5. The number of hydrogen-bond donors (Lipinski definition) is 0. The summed E-state index contributed by atoms with van der Waals surface area (Å²) in [5, 5.41) is 0. The third-order valence-electron chi connectivity index (χ3n) is 13.8. The van der Waals surface area contributed by atoms with Gasteiger partial charge in [0.25, 0.3) is 0 Å². The maximum absolute atomic E-state index is 12.9. The molecule has 6 heteroatoms. The van der Waals surface area contributed by atoms with E-state index in [4.69, 9.17) is 14.2 Å². The van der Waals surface area contributed by atoms with Crippen LogP contribution in [0.25, 0.3) is 0 Å². The van der Waals surface area contributed by atoms with Crippen LogP contribution in [0.2, 0.25) is 0 Å². The minimum Gasteiger partial charge on any atom is -0.462 e. The van der Waals surface area contributed by atoms with E-state index in [0.29, 0.717) is 19.3 Å². The highest BCUT2D eigenvalue weighted by molar-refractivity contribution is 5.71. The molecule has 0 N–H and O–H groups in total. The molecule has 0 aliphatic rings. The standard InChI is InChI=1S/C75H122O6/c1-4-7-10-13-16-19-22-25-27-29-31-32-33-34-35-36-37-38-39-40-41-42-44-45-47-50-53-56-59-62-65-68-74(77)80-71-72(70-79-73(76)67-64-61-58-55-52-49-24-21-18-15-12-9-6-3)81-75(78)69-66-63-60-57-54-51-48-46-43-30-28-26-23-20-17-14-11-8-5-2/h7,10,16-17,19-21,24-28,31-32,34-35,37-38,40-41,43-46,72H,4-6,8-9,11-15,18,22-23,29-30,33,36,39,42,47-71H2,1-3H3/b10-7-,19-16-,20-17-,24-21-,27-25-,28-26-,32-31-,35-34-,38-37-,41-40-,45-44-,46-43-. The van der Waals surface area contributed by atoms with Crippen LogP contribution in [0.1, 0.15) is 290 Å². The summed E-state index contributed by atoms with van der Waals surface area (Å²) in [5.74, 6) is -0.931. The quantitative estimate of drug-likeness (QED) is 0.0261. The fourth-order valence-corrected chi connectivity index (χ4v) is 8.81. The zero-order chi connectivity index (χ0) is 58.5. The van der Waals surface area contributed by atoms with Gasteiger partial charge in [0, 0.05) is 19.3 Å². The maximum Gasteiger partial charge on any atom is 0.306 e. The van der Waals surface area contributed by atoms with Gasteiger partial charge in [-0.1, -0.05) is 269 Å². The van der Waals surface area contributed by atoms with Crippen LogP contribution in [0.3, 0.4) is 0 Å². The van der Waals surface area contributed by atoms with Gasteiger partial charge in [-0.25, -0.2) is 0 Å². The molecule has 0 spiro atoms. The number of allylic oxidation sites excluding steroid dienone is 24. The average molecular weight is 1120 g/mol. The molecule has 0 saturated carbocycles. The van der Waals surface area contributed by atoms with Gasteiger partial charge >= 0.3 is 17.9 Å². The summed E-state index contributed by atoms with van der Waals surface area (Å²) >= 11 is 0. The number of carbonyl (C=O) groups is 3. The van der Waals surface area contributed by atoms with E-state index in [9.17, 15) is 14.4 Å². The summed E-state index contributed by atoms with van der Waals surface area (Å²) in [6, 6.07) is 0. The maximum atomic E-state index is 12.9. The number of esters is 3. The SMILES string of the molecule is CC/C=C\C/C=C\C/C=C\C/C=C\C/C=C\C/C=C\C/C=C\C/C=C\CCCCCCCCC(=O)OCC(COC(=O)CCCCCCC/C=C\CCCCCC)OC(=O)CCCCCCCC/C=C\C/C=C\C/C=C\CCCCC. The Morgan fingerprint density at radius 3 is 0.790 bits per heavy atom. The molecule has 0 radical (unpaired) electrons. The van der Waals surface area contributed by atoms with Gasteiger partial charge in [0.1, 0.15) is 13.2 Å². The van der Waals surface area contributed by atoms with E-state index in [-0.39, 0.29) is 31.1 Å². The van der Waals surface area contributed by atoms with Crippen molar-refractivity contribution in [3.8, 4) is 0 Å². The van der Waals surface area contributed by atoms with E-state index in [0.717, 1.165) is 161 Å². The van der Waals surface area contributed by atoms with Crippen LogP contribution in [-0.2, 0) is 28.6 Å². The second-order valence-corrected chi connectivity index (χ2v) is 21.6. The van der Waals surface area contributed by atoms with Gasteiger partial charge in [0.05, 0.1) is 0 Å². The fraction of sp³-hybridized carbons (Fsp3) is 0.640. The Morgan fingerprint density at radius 2 is 0.481 bits per heavy atom. The summed E-state index contributed by atoms with van der Waals surface area (Å²) in [5.41, 5.74) is 0. The Balaban J connectivity index is 4.38. The van der Waals surface area contributed by atoms with Crippen LogP contribution >= 0.6 is 0 Å². The molecule has 6 nitrogen and oxygen atoms in total. The fourth-order valence-electron chi connectivity index (χ4n) is 8.81. The van der Waals surface area contributed by atoms with Crippen LogP contribution in [0.5, 0.6) is 0 Å². The van der Waals surface area contributed by atoms with Gasteiger partial charge in [-0.3, -0.25) is 14.4 Å². The molecule has 458 valence electrons. The number of rotatable bonds is 59. The lowest BCUT2D eigenvalue weighted by molar-refractivity contribution is -0.167. The van der Waals surface area contributed by atoms with E-state index in [1.54, 1.807) is 0 Å². The predicted molar refractivity (Wildman–Crippen MR) is 352 cm³/mol. The van der Waals surface area contributed by atoms with Crippen molar-refractivity contribution in [1.82, 2.24) is 0 Å². The number of hydrogen-bond acceptors (Lipinski definition) is 6. The highest BCUT2D eigenvalue weighted by atomic mass is 16.6. The number of carbonyl (C=O) groups excluding carboxylic acids is 3. The van der Waals surface area contributed by atoms with Gasteiger partial charge in [-0.15, -0.1) is 0 Å². The predicted octanol–water partition coefficient (Wildman–Crippen LogP) is 23.1. The summed E-state index contributed by atoms with van der Waals surface area (Å²) in [7, 11) is 0. The second-order valence-electron chi connectivity index (χ2n) is 21.6. The lowest BCUT2D eigenvalue weighted by Crippen LogP contribution is -2.30. The van der Waals surface area contributed by atoms with Crippen molar-refractivity contribution in [3.05, 3.63) is 146 Å². The largest absolute Gasteiger partial charge is 0.462 e. The Morgan fingerprint density at radius 1 is 0.259 bits per heavy atom. The van der Waals surface area contributed by atoms with Crippen molar-refractivity contribution in [1.29, 1.82) is 0 Å². The summed E-state index contributed by atoms with van der Waals surface area (Å²) in [6.45, 7) is 6.46. The summed E-state index contributed by atoms with van der Waals surface area (Å²) in [4.78, 5) is 38.3. The van der Waals surface area contributed by atoms with Crippen LogP contribution in [-0.4, -0.2) is 37.2 Å². The van der Waals surface area contributed by atoms with Crippen molar-refractivity contribution in [2.45, 2.75) is 297 Å². The summed E-state index contributed by atoms with van der Waals surface area (Å²) in [6.07, 6.45) is 97.1. The lowest BCUT2D eigenvalue weighted by atomic mass is 10.1. The molecule has 0 bridgehead atoms. The van der Waals surface area contributed by atoms with Crippen LogP contribution in [0, 0.1) is 0 Å². The van der Waals surface area contributed by atoms with Gasteiger partial charge in [-0.2, -0.15) is 0 Å². The van der Waals surface area contributed by atoms with Crippen molar-refractivity contribution >= 4 is 17.9 Å². The van der Waals surface area contributed by atoms with E-state index in [1.807, 2.05) is 0 Å². The van der Waals surface area contributed by atoms with E-state index < -0.39 is 6.10 Å². The van der Waals surface area contributed by atoms with Crippen molar-refractivity contribution in [3.63, 3.8) is 0 Å². The number of unbranched alkanes of at least 4 members (excludes halogenated alkanes) is 24. The molecule has 0 aromatic rings. The molecule has 0 aliphatic carbocycles. The molecule has 0 aromatic heterocycles. The van der Waals surface area contributed by atoms with E-state index in [1.165, 1.54) is 89.9 Å². The minimum atomic E-state index is -0.802. The van der Waals surface area contributed by atoms with Crippen molar-refractivity contribution in [2.75, 3.05) is 13.2 Å². The third-order valence-corrected chi connectivity index (χ3v) is 13.8. The van der Waals surface area contributed by atoms with Crippen molar-refractivity contribution < 1.29 is 28.6 Å². The molecule has 81 heavy (non-hydrogen) atoms. The smallest absolute Gasteiger partial charge is 0.306 e. The van der Waals surface area contributed by atoms with Crippen LogP contribution < -0.4 is 0 Å². The first-order valence-corrected chi connectivity index (χ1v) is 33.3. The summed E-state index contributed by atoms with van der Waals surface area (Å²) < 4.78 is 16.9. The molecular weight excluding hydrogens is 997 g/mol.